The van der Waals surface area contributed by atoms with Crippen molar-refractivity contribution in [1.82, 2.24) is 0 Å². The molecule has 19 heavy (non-hydrogen) atoms. The van der Waals surface area contributed by atoms with Crippen molar-refractivity contribution in [3.63, 3.8) is 0 Å². The van der Waals surface area contributed by atoms with E-state index in [2.05, 4.69) is 55.5 Å². The van der Waals surface area contributed by atoms with Crippen LogP contribution < -0.4 is 5.73 Å². The number of hydrogen-bond donors (Lipinski definition) is 1. The molecule has 2 atom stereocenters. The Morgan fingerprint density at radius 2 is 2.05 bits per heavy atom. The van der Waals surface area contributed by atoms with Gasteiger partial charge < -0.3 is 5.73 Å². The van der Waals surface area contributed by atoms with Crippen LogP contribution in [0.25, 0.3) is 0 Å². The smallest absolute Gasteiger partial charge is 0.0157 e. The molecule has 2 unspecified atom stereocenters. The van der Waals surface area contributed by atoms with Gasteiger partial charge in [-0.1, -0.05) is 48.0 Å². The lowest BCUT2D eigenvalue weighted by molar-refractivity contribution is 0.572. The topological polar surface area (TPSA) is 26.0 Å². The quantitative estimate of drug-likeness (QED) is 0.918. The maximum Gasteiger partial charge on any atom is 0.0157 e. The molecule has 2 aromatic rings. The summed E-state index contributed by atoms with van der Waals surface area (Å²) in [5.74, 6) is 1.61. The summed E-state index contributed by atoms with van der Waals surface area (Å²) in [7, 11) is 0. The lowest BCUT2D eigenvalue weighted by atomic mass is 9.89. The van der Waals surface area contributed by atoms with Crippen molar-refractivity contribution >= 4 is 11.8 Å². The number of aryl methyl sites for hydroxylation is 1. The Labute approximate surface area is 119 Å². The molecule has 1 nitrogen and oxygen atoms in total. The van der Waals surface area contributed by atoms with Crippen molar-refractivity contribution in [3.8, 4) is 0 Å². The van der Waals surface area contributed by atoms with Crippen molar-refractivity contribution in [1.29, 1.82) is 0 Å². The van der Waals surface area contributed by atoms with Crippen molar-refractivity contribution in [2.45, 2.75) is 30.2 Å². The fourth-order valence-electron chi connectivity index (χ4n) is 2.80. The number of rotatable bonds is 3. The van der Waals surface area contributed by atoms with Crippen LogP contribution in [0.3, 0.4) is 0 Å². The zero-order valence-electron chi connectivity index (χ0n) is 11.2. The second kappa shape index (κ2) is 5.40. The predicted octanol–water partition coefficient (Wildman–Crippen LogP) is 3.75. The molecule has 2 aromatic carbocycles. The van der Waals surface area contributed by atoms with Crippen LogP contribution in [0.15, 0.2) is 53.4 Å². The van der Waals surface area contributed by atoms with Gasteiger partial charge in [0, 0.05) is 22.6 Å². The third-order valence-corrected chi connectivity index (χ3v) is 5.02. The molecule has 1 aliphatic rings. The average molecular weight is 269 g/mol. The minimum Gasteiger partial charge on any atom is -0.327 e. The van der Waals surface area contributed by atoms with E-state index in [4.69, 9.17) is 5.73 Å². The summed E-state index contributed by atoms with van der Waals surface area (Å²) >= 11 is 1.94. The lowest BCUT2D eigenvalue weighted by Gasteiger charge is -2.20. The second-order valence-corrected chi connectivity index (χ2v) is 6.37. The molecular weight excluding hydrogens is 250 g/mol. The van der Waals surface area contributed by atoms with E-state index in [1.165, 1.54) is 21.6 Å². The zero-order valence-corrected chi connectivity index (χ0v) is 12.0. The van der Waals surface area contributed by atoms with Crippen LogP contribution in [-0.4, -0.2) is 11.8 Å². The molecule has 1 heterocycles. The first-order valence-corrected chi connectivity index (χ1v) is 7.75. The van der Waals surface area contributed by atoms with Crippen molar-refractivity contribution in [2.75, 3.05) is 5.75 Å². The summed E-state index contributed by atoms with van der Waals surface area (Å²) in [4.78, 5) is 1.41. The molecule has 0 radical (unpaired) electrons. The fraction of sp³-hybridized carbons (Fsp3) is 0.294. The van der Waals surface area contributed by atoms with Gasteiger partial charge in [-0.25, -0.2) is 0 Å². The van der Waals surface area contributed by atoms with E-state index in [-0.39, 0.29) is 6.04 Å². The minimum atomic E-state index is 0.206. The molecule has 0 fully saturated rings. The van der Waals surface area contributed by atoms with Gasteiger partial charge in [-0.3, -0.25) is 0 Å². The molecule has 98 valence electrons. The molecule has 2 heteroatoms. The number of nitrogens with two attached hydrogens (primary N) is 1. The average Bonchev–Trinajstić information content (AvgIpc) is 2.82. The highest BCUT2D eigenvalue weighted by atomic mass is 32.2. The molecule has 2 N–H and O–H groups in total. The molecule has 3 rings (SSSR count). The Hall–Kier alpha value is -1.25. The highest BCUT2D eigenvalue weighted by Gasteiger charge is 2.27. The van der Waals surface area contributed by atoms with Gasteiger partial charge in [-0.2, -0.15) is 0 Å². The van der Waals surface area contributed by atoms with Gasteiger partial charge in [-0.05, 0) is 30.5 Å². The first-order valence-electron chi connectivity index (χ1n) is 6.77. The Kier molecular flexibility index (Phi) is 3.63. The Bertz CT molecular complexity index is 579. The third-order valence-electron chi connectivity index (χ3n) is 3.81. The second-order valence-electron chi connectivity index (χ2n) is 5.31. The lowest BCUT2D eigenvalue weighted by Crippen LogP contribution is -2.30. The molecular formula is C17H19NS. The zero-order chi connectivity index (χ0) is 13.2. The monoisotopic (exact) mass is 269 g/mol. The molecule has 0 spiro atoms. The van der Waals surface area contributed by atoms with Crippen LogP contribution in [0.1, 0.15) is 22.6 Å². The van der Waals surface area contributed by atoms with E-state index in [1.54, 1.807) is 0 Å². The van der Waals surface area contributed by atoms with E-state index in [9.17, 15) is 0 Å². The van der Waals surface area contributed by atoms with Crippen LogP contribution in [0.4, 0.5) is 0 Å². The summed E-state index contributed by atoms with van der Waals surface area (Å²) in [6, 6.07) is 17.6. The Morgan fingerprint density at radius 3 is 2.89 bits per heavy atom. The van der Waals surface area contributed by atoms with Gasteiger partial charge in [0.25, 0.3) is 0 Å². The number of fused-ring (bicyclic) bond motifs is 1. The number of thioether (sulfide) groups is 1. The van der Waals surface area contributed by atoms with Gasteiger partial charge in [0.15, 0.2) is 0 Å². The molecule has 0 saturated carbocycles. The van der Waals surface area contributed by atoms with Crippen LogP contribution in [-0.2, 0) is 6.42 Å². The maximum atomic E-state index is 6.46. The highest BCUT2D eigenvalue weighted by molar-refractivity contribution is 7.99. The fourth-order valence-corrected chi connectivity index (χ4v) is 4.14. The highest BCUT2D eigenvalue weighted by Crippen LogP contribution is 2.41. The van der Waals surface area contributed by atoms with E-state index < -0.39 is 0 Å². The Balaban J connectivity index is 1.77. The number of hydrogen-bond acceptors (Lipinski definition) is 2. The van der Waals surface area contributed by atoms with Gasteiger partial charge in [-0.15, -0.1) is 11.8 Å². The molecule has 1 aliphatic heterocycles. The maximum absolute atomic E-state index is 6.46. The normalized spacial score (nSPS) is 19.2. The van der Waals surface area contributed by atoms with E-state index in [0.29, 0.717) is 5.92 Å². The van der Waals surface area contributed by atoms with Crippen molar-refractivity contribution < 1.29 is 0 Å². The number of benzene rings is 2. The first kappa shape index (κ1) is 12.8. The summed E-state index contributed by atoms with van der Waals surface area (Å²) in [5.41, 5.74) is 10.6. The predicted molar refractivity (Wildman–Crippen MR) is 82.8 cm³/mol. The van der Waals surface area contributed by atoms with Gasteiger partial charge in [0.2, 0.25) is 0 Å². The van der Waals surface area contributed by atoms with Crippen LogP contribution in [0.2, 0.25) is 0 Å². The first-order chi connectivity index (χ1) is 9.24. The minimum absolute atomic E-state index is 0.206. The third kappa shape index (κ3) is 2.70. The standard InChI is InChI=1S/C17H19NS/c1-12-5-4-6-13(9-12)10-16(18)15-11-19-17-8-3-2-7-14(15)17/h2-9,15-16H,10-11,18H2,1H3. The SMILES string of the molecule is Cc1cccc(CC(N)C2CSc3ccccc32)c1. The van der Waals surface area contributed by atoms with Gasteiger partial charge >= 0.3 is 0 Å². The molecule has 0 saturated heterocycles. The summed E-state index contributed by atoms with van der Waals surface area (Å²) in [5, 5.41) is 0. The molecule has 0 aliphatic carbocycles. The van der Waals surface area contributed by atoms with Gasteiger partial charge in [0.05, 0.1) is 0 Å². The summed E-state index contributed by atoms with van der Waals surface area (Å²) in [6.45, 7) is 2.13. The molecule has 0 bridgehead atoms. The van der Waals surface area contributed by atoms with Crippen LogP contribution in [0, 0.1) is 6.92 Å². The van der Waals surface area contributed by atoms with Crippen molar-refractivity contribution in [3.05, 3.63) is 65.2 Å². The van der Waals surface area contributed by atoms with Gasteiger partial charge in [0.1, 0.15) is 0 Å². The molecule has 0 aromatic heterocycles. The molecule has 0 amide bonds. The van der Waals surface area contributed by atoms with Crippen molar-refractivity contribution in [2.24, 2.45) is 5.73 Å². The summed E-state index contributed by atoms with van der Waals surface area (Å²) < 4.78 is 0. The summed E-state index contributed by atoms with van der Waals surface area (Å²) in [6.07, 6.45) is 0.960. The van der Waals surface area contributed by atoms with E-state index in [0.717, 1.165) is 12.2 Å². The Morgan fingerprint density at radius 1 is 1.21 bits per heavy atom. The van der Waals surface area contributed by atoms with E-state index >= 15 is 0 Å². The van der Waals surface area contributed by atoms with Crippen LogP contribution in [0.5, 0.6) is 0 Å². The largest absolute Gasteiger partial charge is 0.327 e. The van der Waals surface area contributed by atoms with Crippen LogP contribution >= 0.6 is 11.8 Å². The van der Waals surface area contributed by atoms with E-state index in [1.807, 2.05) is 11.8 Å².